The van der Waals surface area contributed by atoms with Crippen molar-refractivity contribution in [3.05, 3.63) is 23.8 Å². The molecule has 0 spiro atoms. The van der Waals surface area contributed by atoms with E-state index in [2.05, 4.69) is 12.2 Å². The van der Waals surface area contributed by atoms with Crippen LogP contribution in [0.2, 0.25) is 0 Å². The Labute approximate surface area is 108 Å². The molecule has 0 saturated carbocycles. The molecule has 0 aliphatic carbocycles. The van der Waals surface area contributed by atoms with Gasteiger partial charge in [-0.15, -0.1) is 0 Å². The van der Waals surface area contributed by atoms with Crippen LogP contribution >= 0.6 is 0 Å². The fourth-order valence-corrected chi connectivity index (χ4v) is 2.04. The number of fused-ring (bicyclic) bond motifs is 1. The maximum absolute atomic E-state index is 9.27. The predicted molar refractivity (Wildman–Crippen MR) is 70.1 cm³/mol. The zero-order chi connectivity index (χ0) is 13.2. The van der Waals surface area contributed by atoms with E-state index < -0.39 is 0 Å². The molecule has 1 atom stereocenters. The van der Waals surface area contributed by atoms with Crippen LogP contribution in [0.5, 0.6) is 11.5 Å². The van der Waals surface area contributed by atoms with Crippen LogP contribution in [0.15, 0.2) is 18.2 Å². The van der Waals surface area contributed by atoms with Gasteiger partial charge >= 0.3 is 0 Å². The van der Waals surface area contributed by atoms with E-state index in [1.54, 1.807) is 0 Å². The minimum atomic E-state index is -0.299. The number of ether oxygens (including phenoxy) is 2. The maximum Gasteiger partial charge on any atom is 0.161 e. The summed E-state index contributed by atoms with van der Waals surface area (Å²) in [5.41, 5.74) is 0.827. The summed E-state index contributed by atoms with van der Waals surface area (Å²) < 4.78 is 11.1. The van der Waals surface area contributed by atoms with Crippen molar-refractivity contribution < 1.29 is 14.6 Å². The number of nitrogens with one attached hydrogen (secondary N) is 1. The van der Waals surface area contributed by atoms with Crippen molar-refractivity contribution in [2.24, 2.45) is 0 Å². The lowest BCUT2D eigenvalue weighted by Gasteiger charge is -2.29. The Hall–Kier alpha value is -1.26. The predicted octanol–water partition coefficient (Wildman–Crippen LogP) is 1.88. The summed E-state index contributed by atoms with van der Waals surface area (Å²) in [6.45, 7) is 7.33. The Balaban J connectivity index is 2.13. The first-order valence-corrected chi connectivity index (χ1v) is 6.30. The average Bonchev–Trinajstić information content (AvgIpc) is 2.37. The Morgan fingerprint density at radius 1 is 1.28 bits per heavy atom. The zero-order valence-corrected chi connectivity index (χ0v) is 11.2. The normalized spacial score (nSPS) is 16.4. The second-order valence-electron chi connectivity index (χ2n) is 5.31. The molecule has 100 valence electrons. The smallest absolute Gasteiger partial charge is 0.161 e. The van der Waals surface area contributed by atoms with E-state index in [1.165, 1.54) is 0 Å². The van der Waals surface area contributed by atoms with Crippen LogP contribution < -0.4 is 14.8 Å². The maximum atomic E-state index is 9.27. The van der Waals surface area contributed by atoms with Gasteiger partial charge in [0.15, 0.2) is 11.5 Å². The third kappa shape index (κ3) is 2.94. The van der Waals surface area contributed by atoms with Crippen LogP contribution in [0.4, 0.5) is 0 Å². The van der Waals surface area contributed by atoms with E-state index in [4.69, 9.17) is 9.47 Å². The highest BCUT2D eigenvalue weighted by Crippen LogP contribution is 2.32. The Morgan fingerprint density at radius 3 is 2.61 bits per heavy atom. The standard InChI is InChI=1S/C14H21NO3/c1-10(15-14(2,3)9-16)11-4-5-12-13(8-11)18-7-6-17-12/h4-5,8,10,15-16H,6-7,9H2,1-3H3. The van der Waals surface area contributed by atoms with Crippen molar-refractivity contribution >= 4 is 0 Å². The van der Waals surface area contributed by atoms with Gasteiger partial charge in [0.05, 0.1) is 6.61 Å². The van der Waals surface area contributed by atoms with Gasteiger partial charge in [0.2, 0.25) is 0 Å². The number of aliphatic hydroxyl groups is 1. The van der Waals surface area contributed by atoms with E-state index >= 15 is 0 Å². The van der Waals surface area contributed by atoms with Gasteiger partial charge in [0, 0.05) is 11.6 Å². The van der Waals surface area contributed by atoms with Crippen molar-refractivity contribution in [3.8, 4) is 11.5 Å². The Morgan fingerprint density at radius 2 is 1.94 bits per heavy atom. The molecule has 2 rings (SSSR count). The monoisotopic (exact) mass is 251 g/mol. The number of rotatable bonds is 4. The molecule has 1 heterocycles. The van der Waals surface area contributed by atoms with Crippen LogP contribution in [0.3, 0.4) is 0 Å². The molecule has 1 aromatic carbocycles. The summed E-state index contributed by atoms with van der Waals surface area (Å²) in [5, 5.41) is 12.7. The molecule has 1 aliphatic heterocycles. The molecule has 4 nitrogen and oxygen atoms in total. The number of aliphatic hydroxyl groups excluding tert-OH is 1. The second-order valence-corrected chi connectivity index (χ2v) is 5.31. The molecule has 1 aromatic rings. The first-order valence-electron chi connectivity index (χ1n) is 6.30. The molecule has 18 heavy (non-hydrogen) atoms. The van der Waals surface area contributed by atoms with Gasteiger partial charge < -0.3 is 19.9 Å². The van der Waals surface area contributed by atoms with E-state index in [0.717, 1.165) is 17.1 Å². The van der Waals surface area contributed by atoms with Gasteiger partial charge in [-0.3, -0.25) is 0 Å². The van der Waals surface area contributed by atoms with E-state index in [0.29, 0.717) is 13.2 Å². The molecule has 0 amide bonds. The van der Waals surface area contributed by atoms with Crippen molar-refractivity contribution in [1.29, 1.82) is 0 Å². The highest BCUT2D eigenvalue weighted by molar-refractivity contribution is 5.44. The lowest BCUT2D eigenvalue weighted by Crippen LogP contribution is -2.43. The zero-order valence-electron chi connectivity index (χ0n) is 11.2. The lowest BCUT2D eigenvalue weighted by molar-refractivity contribution is 0.169. The SMILES string of the molecule is CC(NC(C)(C)CO)c1ccc2c(c1)OCCO2. The second kappa shape index (κ2) is 5.16. The molecule has 0 bridgehead atoms. The fraction of sp³-hybridized carbons (Fsp3) is 0.571. The molecular formula is C14H21NO3. The molecule has 4 heteroatoms. The van der Waals surface area contributed by atoms with Crippen molar-refractivity contribution in [3.63, 3.8) is 0 Å². The quantitative estimate of drug-likeness (QED) is 0.858. The summed E-state index contributed by atoms with van der Waals surface area (Å²) >= 11 is 0. The number of benzene rings is 1. The van der Waals surface area contributed by atoms with Crippen LogP contribution in [0, 0.1) is 0 Å². The van der Waals surface area contributed by atoms with Crippen LogP contribution in [-0.2, 0) is 0 Å². The molecule has 2 N–H and O–H groups in total. The number of hydrogen-bond acceptors (Lipinski definition) is 4. The topological polar surface area (TPSA) is 50.7 Å². The third-order valence-corrected chi connectivity index (χ3v) is 3.07. The molecule has 1 aliphatic rings. The van der Waals surface area contributed by atoms with Crippen LogP contribution in [-0.4, -0.2) is 30.5 Å². The summed E-state index contributed by atoms with van der Waals surface area (Å²) in [7, 11) is 0. The first kappa shape index (κ1) is 13.2. The summed E-state index contributed by atoms with van der Waals surface area (Å²) in [6.07, 6.45) is 0. The average molecular weight is 251 g/mol. The minimum Gasteiger partial charge on any atom is -0.486 e. The van der Waals surface area contributed by atoms with Gasteiger partial charge in [-0.05, 0) is 38.5 Å². The van der Waals surface area contributed by atoms with Crippen LogP contribution in [0.1, 0.15) is 32.4 Å². The highest BCUT2D eigenvalue weighted by Gasteiger charge is 2.21. The summed E-state index contributed by atoms with van der Waals surface area (Å²) in [5.74, 6) is 1.60. The largest absolute Gasteiger partial charge is 0.486 e. The van der Waals surface area contributed by atoms with Gasteiger partial charge in [0.1, 0.15) is 13.2 Å². The minimum absolute atomic E-state index is 0.0991. The lowest BCUT2D eigenvalue weighted by atomic mass is 10.0. The Bertz CT molecular complexity index is 418. The van der Waals surface area contributed by atoms with Gasteiger partial charge in [0.25, 0.3) is 0 Å². The van der Waals surface area contributed by atoms with Gasteiger partial charge in [-0.25, -0.2) is 0 Å². The van der Waals surface area contributed by atoms with Crippen LogP contribution in [0.25, 0.3) is 0 Å². The molecular weight excluding hydrogens is 230 g/mol. The third-order valence-electron chi connectivity index (χ3n) is 3.07. The van der Waals surface area contributed by atoms with Crippen molar-refractivity contribution in [2.45, 2.75) is 32.4 Å². The molecule has 0 radical (unpaired) electrons. The fourth-order valence-electron chi connectivity index (χ4n) is 2.04. The first-order chi connectivity index (χ1) is 8.52. The summed E-state index contributed by atoms with van der Waals surface area (Å²) in [4.78, 5) is 0. The highest BCUT2D eigenvalue weighted by atomic mass is 16.6. The Kier molecular flexibility index (Phi) is 3.78. The molecule has 0 saturated heterocycles. The molecule has 0 aromatic heterocycles. The van der Waals surface area contributed by atoms with E-state index in [1.807, 2.05) is 32.0 Å². The van der Waals surface area contributed by atoms with Crippen molar-refractivity contribution in [1.82, 2.24) is 5.32 Å². The number of hydrogen-bond donors (Lipinski definition) is 2. The van der Waals surface area contributed by atoms with Gasteiger partial charge in [-0.1, -0.05) is 6.07 Å². The molecule has 1 unspecified atom stereocenters. The van der Waals surface area contributed by atoms with Gasteiger partial charge in [-0.2, -0.15) is 0 Å². The van der Waals surface area contributed by atoms with Crippen molar-refractivity contribution in [2.75, 3.05) is 19.8 Å². The summed E-state index contributed by atoms with van der Waals surface area (Å²) in [6, 6.07) is 6.11. The van der Waals surface area contributed by atoms with E-state index in [9.17, 15) is 5.11 Å². The molecule has 0 fully saturated rings. The van der Waals surface area contributed by atoms with E-state index in [-0.39, 0.29) is 18.2 Å².